The van der Waals surface area contributed by atoms with E-state index in [9.17, 15) is 14.0 Å². The van der Waals surface area contributed by atoms with Crippen LogP contribution < -0.4 is 10.6 Å². The Balaban J connectivity index is 1.41. The highest BCUT2D eigenvalue weighted by atomic mass is 19.1. The van der Waals surface area contributed by atoms with E-state index in [4.69, 9.17) is 0 Å². The molecule has 1 saturated carbocycles. The fraction of sp³-hybridized carbons (Fsp3) is 0.600. The lowest BCUT2D eigenvalue weighted by Crippen LogP contribution is -2.57. The van der Waals surface area contributed by atoms with Gasteiger partial charge in [0.25, 0.3) is 0 Å². The first-order chi connectivity index (χ1) is 12.9. The quantitative estimate of drug-likeness (QED) is 0.749. The molecule has 2 atom stereocenters. The predicted octanol–water partition coefficient (Wildman–Crippen LogP) is 1.12. The van der Waals surface area contributed by atoms with Gasteiger partial charge in [0.15, 0.2) is 0 Å². The van der Waals surface area contributed by atoms with Crippen molar-refractivity contribution in [3.63, 3.8) is 0 Å². The van der Waals surface area contributed by atoms with E-state index < -0.39 is 0 Å². The number of carbonyl (C=O) groups excluding carboxylic acids is 2. The van der Waals surface area contributed by atoms with Crippen molar-refractivity contribution >= 4 is 11.8 Å². The lowest BCUT2D eigenvalue weighted by molar-refractivity contribution is -0.130. The van der Waals surface area contributed by atoms with Gasteiger partial charge in [0.2, 0.25) is 11.8 Å². The summed E-state index contributed by atoms with van der Waals surface area (Å²) in [4.78, 5) is 29.0. The van der Waals surface area contributed by atoms with Gasteiger partial charge in [0.05, 0.1) is 12.1 Å². The monoisotopic (exact) mass is 376 g/mol. The second-order valence-corrected chi connectivity index (χ2v) is 7.55. The minimum Gasteiger partial charge on any atom is -0.352 e. The molecule has 0 aromatic heterocycles. The molecule has 148 valence electrons. The van der Waals surface area contributed by atoms with Gasteiger partial charge in [-0.05, 0) is 44.4 Å². The molecule has 7 heteroatoms. The fourth-order valence-corrected chi connectivity index (χ4v) is 3.33. The number of rotatable bonds is 7. The number of amides is 2. The van der Waals surface area contributed by atoms with E-state index in [2.05, 4.69) is 20.4 Å². The smallest absolute Gasteiger partial charge is 0.237 e. The Hall–Kier alpha value is -1.99. The summed E-state index contributed by atoms with van der Waals surface area (Å²) in [5.41, 5.74) is 0.872. The molecule has 2 N–H and O–H groups in total. The first-order valence-electron chi connectivity index (χ1n) is 9.74. The molecular weight excluding hydrogens is 347 g/mol. The predicted molar refractivity (Wildman–Crippen MR) is 101 cm³/mol. The van der Waals surface area contributed by atoms with E-state index in [1.54, 1.807) is 12.1 Å². The van der Waals surface area contributed by atoms with Crippen LogP contribution in [0, 0.1) is 5.82 Å². The molecule has 27 heavy (non-hydrogen) atoms. The number of nitrogens with one attached hydrogen (secondary N) is 2. The normalized spacial score (nSPS) is 20.7. The first kappa shape index (κ1) is 19.8. The van der Waals surface area contributed by atoms with Crippen LogP contribution in [0.4, 0.5) is 4.39 Å². The molecule has 1 aliphatic carbocycles. The van der Waals surface area contributed by atoms with Gasteiger partial charge in [-0.25, -0.2) is 4.39 Å². The third-order valence-electron chi connectivity index (χ3n) is 5.51. The van der Waals surface area contributed by atoms with Gasteiger partial charge in [0.1, 0.15) is 5.82 Å². The zero-order chi connectivity index (χ0) is 19.4. The summed E-state index contributed by atoms with van der Waals surface area (Å²) in [5.74, 6) is -0.209. The minimum atomic E-state index is -0.281. The average Bonchev–Trinajstić information content (AvgIpc) is 3.50. The van der Waals surface area contributed by atoms with E-state index in [0.29, 0.717) is 12.6 Å². The molecule has 2 fully saturated rings. The number of carbonyl (C=O) groups is 2. The van der Waals surface area contributed by atoms with Gasteiger partial charge in [-0.3, -0.25) is 19.4 Å². The summed E-state index contributed by atoms with van der Waals surface area (Å²) in [6, 6.07) is 6.15. The third-order valence-corrected chi connectivity index (χ3v) is 5.51. The molecule has 2 aliphatic rings. The Morgan fingerprint density at radius 2 is 1.52 bits per heavy atom. The number of hydrogen-bond donors (Lipinski definition) is 2. The number of piperazine rings is 1. The van der Waals surface area contributed by atoms with Crippen molar-refractivity contribution in [3.05, 3.63) is 35.6 Å². The summed E-state index contributed by atoms with van der Waals surface area (Å²) in [7, 11) is 0. The molecule has 2 amide bonds. The molecule has 1 aliphatic heterocycles. The van der Waals surface area contributed by atoms with E-state index in [0.717, 1.165) is 44.6 Å². The highest BCUT2D eigenvalue weighted by Gasteiger charge is 2.31. The summed E-state index contributed by atoms with van der Waals surface area (Å²) >= 11 is 0. The SMILES string of the molecule is CC(C(=O)NCc1ccc(F)cc1)N1CCN(C(C)C(=O)NC2CC2)CC1. The van der Waals surface area contributed by atoms with E-state index in [1.165, 1.54) is 12.1 Å². The Kier molecular flexibility index (Phi) is 6.44. The molecule has 1 heterocycles. The number of hydrogen-bond acceptors (Lipinski definition) is 4. The van der Waals surface area contributed by atoms with Gasteiger partial charge < -0.3 is 10.6 Å². The molecule has 1 aromatic rings. The van der Waals surface area contributed by atoms with Gasteiger partial charge in [-0.15, -0.1) is 0 Å². The second kappa shape index (κ2) is 8.80. The van der Waals surface area contributed by atoms with Gasteiger partial charge in [0, 0.05) is 38.8 Å². The standard InChI is InChI=1S/C20H29FN4O2/c1-14(19(26)22-13-16-3-5-17(21)6-4-16)24-9-11-25(12-10-24)15(2)20(27)23-18-7-8-18/h3-6,14-15,18H,7-13H2,1-2H3,(H,22,26)(H,23,27). The van der Waals surface area contributed by atoms with Gasteiger partial charge in [-0.2, -0.15) is 0 Å². The lowest BCUT2D eigenvalue weighted by atomic mass is 10.1. The summed E-state index contributed by atoms with van der Waals surface area (Å²) in [6.45, 7) is 7.30. The van der Waals surface area contributed by atoms with Crippen LogP contribution in [0.1, 0.15) is 32.3 Å². The summed E-state index contributed by atoms with van der Waals surface area (Å²) in [5, 5.41) is 5.97. The first-order valence-corrected chi connectivity index (χ1v) is 9.74. The van der Waals surface area contributed by atoms with E-state index >= 15 is 0 Å². The second-order valence-electron chi connectivity index (χ2n) is 7.55. The molecular formula is C20H29FN4O2. The van der Waals surface area contributed by atoms with E-state index in [1.807, 2.05) is 13.8 Å². The number of halogens is 1. The third kappa shape index (κ3) is 5.49. The largest absolute Gasteiger partial charge is 0.352 e. The van der Waals surface area contributed by atoms with Crippen LogP contribution in [0.3, 0.4) is 0 Å². The molecule has 2 unspecified atom stereocenters. The molecule has 1 saturated heterocycles. The Labute approximate surface area is 160 Å². The fourth-order valence-electron chi connectivity index (χ4n) is 3.33. The molecule has 3 rings (SSSR count). The van der Waals surface area contributed by atoms with Crippen LogP contribution in [-0.4, -0.2) is 65.9 Å². The van der Waals surface area contributed by atoms with Crippen LogP contribution >= 0.6 is 0 Å². The van der Waals surface area contributed by atoms with E-state index in [-0.39, 0.29) is 29.7 Å². The minimum absolute atomic E-state index is 0.0349. The Bertz CT molecular complexity index is 654. The molecule has 1 aromatic carbocycles. The van der Waals surface area contributed by atoms with Crippen molar-refractivity contribution in [3.8, 4) is 0 Å². The van der Waals surface area contributed by atoms with Crippen molar-refractivity contribution in [1.82, 2.24) is 20.4 Å². The van der Waals surface area contributed by atoms with Gasteiger partial charge >= 0.3 is 0 Å². The van der Waals surface area contributed by atoms with Crippen molar-refractivity contribution in [2.45, 2.75) is 51.4 Å². The van der Waals surface area contributed by atoms with Crippen molar-refractivity contribution < 1.29 is 14.0 Å². The zero-order valence-corrected chi connectivity index (χ0v) is 16.1. The lowest BCUT2D eigenvalue weighted by Gasteiger charge is -2.39. The van der Waals surface area contributed by atoms with Crippen molar-refractivity contribution in [1.29, 1.82) is 0 Å². The highest BCUT2D eigenvalue weighted by Crippen LogP contribution is 2.19. The topological polar surface area (TPSA) is 64.7 Å². The molecule has 0 bridgehead atoms. The zero-order valence-electron chi connectivity index (χ0n) is 16.1. The maximum atomic E-state index is 12.9. The maximum Gasteiger partial charge on any atom is 0.237 e. The number of benzene rings is 1. The van der Waals surface area contributed by atoms with Crippen LogP contribution in [0.5, 0.6) is 0 Å². The van der Waals surface area contributed by atoms with Gasteiger partial charge in [-0.1, -0.05) is 12.1 Å². The maximum absolute atomic E-state index is 12.9. The average molecular weight is 376 g/mol. The van der Waals surface area contributed by atoms with Crippen molar-refractivity contribution in [2.24, 2.45) is 0 Å². The van der Waals surface area contributed by atoms with Crippen LogP contribution in [0.2, 0.25) is 0 Å². The molecule has 0 spiro atoms. The Morgan fingerprint density at radius 3 is 2.04 bits per heavy atom. The summed E-state index contributed by atoms with van der Waals surface area (Å²) in [6.07, 6.45) is 2.19. The summed E-state index contributed by atoms with van der Waals surface area (Å²) < 4.78 is 12.9. The van der Waals surface area contributed by atoms with Crippen molar-refractivity contribution in [2.75, 3.05) is 26.2 Å². The van der Waals surface area contributed by atoms with Crippen LogP contribution in [0.25, 0.3) is 0 Å². The highest BCUT2D eigenvalue weighted by molar-refractivity contribution is 5.82. The Morgan fingerprint density at radius 1 is 1.00 bits per heavy atom. The van der Waals surface area contributed by atoms with Crippen LogP contribution in [0.15, 0.2) is 24.3 Å². The molecule has 0 radical (unpaired) electrons. The van der Waals surface area contributed by atoms with Crippen LogP contribution in [-0.2, 0) is 16.1 Å². The number of nitrogens with zero attached hydrogens (tertiary/aromatic N) is 2. The molecule has 6 nitrogen and oxygen atoms in total.